The van der Waals surface area contributed by atoms with E-state index in [1.165, 1.54) is 0 Å². The molecular formula is C17H18O7. The van der Waals surface area contributed by atoms with Crippen molar-refractivity contribution < 1.29 is 33.3 Å². The molecule has 0 fully saturated rings. The predicted octanol–water partition coefficient (Wildman–Crippen LogP) is 2.86. The Balaban J connectivity index is 2.55. The van der Waals surface area contributed by atoms with Crippen molar-refractivity contribution >= 4 is 18.1 Å². The van der Waals surface area contributed by atoms with Gasteiger partial charge in [-0.3, -0.25) is 9.59 Å². The molecule has 0 heterocycles. The molecular weight excluding hydrogens is 316 g/mol. The van der Waals surface area contributed by atoms with Crippen molar-refractivity contribution in [3.05, 3.63) is 61.6 Å². The van der Waals surface area contributed by atoms with E-state index < -0.39 is 24.2 Å². The number of ether oxygens (including phenoxy) is 4. The summed E-state index contributed by atoms with van der Waals surface area (Å²) in [7, 11) is 0. The van der Waals surface area contributed by atoms with Crippen LogP contribution < -0.4 is 0 Å². The lowest BCUT2D eigenvalue weighted by Crippen LogP contribution is -2.26. The maximum Gasteiger partial charge on any atom is 0.508 e. The Morgan fingerprint density at radius 2 is 1.50 bits per heavy atom. The molecule has 7 nitrogen and oxygen atoms in total. The van der Waals surface area contributed by atoms with Crippen molar-refractivity contribution in [3.8, 4) is 0 Å². The molecule has 0 spiro atoms. The summed E-state index contributed by atoms with van der Waals surface area (Å²) >= 11 is 0. The van der Waals surface area contributed by atoms with E-state index in [9.17, 15) is 14.4 Å². The van der Waals surface area contributed by atoms with Gasteiger partial charge in [0.15, 0.2) is 0 Å². The molecule has 0 bridgehead atoms. The summed E-state index contributed by atoms with van der Waals surface area (Å²) in [5.41, 5.74) is 0.767. The third-order valence-corrected chi connectivity index (χ3v) is 2.68. The van der Waals surface area contributed by atoms with E-state index >= 15 is 0 Å². The third-order valence-electron chi connectivity index (χ3n) is 2.68. The van der Waals surface area contributed by atoms with Crippen LogP contribution in [0.3, 0.4) is 0 Å². The molecule has 1 rings (SSSR count). The fourth-order valence-corrected chi connectivity index (χ4v) is 1.70. The zero-order valence-electron chi connectivity index (χ0n) is 13.0. The molecule has 128 valence electrons. The maximum absolute atomic E-state index is 11.7. The second-order valence-corrected chi connectivity index (χ2v) is 4.49. The Hall–Kier alpha value is -3.09. The monoisotopic (exact) mass is 334 g/mol. The highest BCUT2D eigenvalue weighted by Gasteiger charge is 2.24. The summed E-state index contributed by atoms with van der Waals surface area (Å²) in [5, 5.41) is 0. The molecule has 0 saturated heterocycles. The highest BCUT2D eigenvalue weighted by Crippen LogP contribution is 2.10. The molecule has 0 saturated carbocycles. The van der Waals surface area contributed by atoms with Crippen LogP contribution >= 0.6 is 0 Å². The number of carbonyl (C=O) groups is 3. The van der Waals surface area contributed by atoms with Gasteiger partial charge in [-0.15, -0.1) is 0 Å². The van der Waals surface area contributed by atoms with Crippen molar-refractivity contribution in [2.24, 2.45) is 0 Å². The lowest BCUT2D eigenvalue weighted by Gasteiger charge is -2.15. The number of esters is 2. The van der Waals surface area contributed by atoms with Gasteiger partial charge in [-0.05, 0) is 5.56 Å². The summed E-state index contributed by atoms with van der Waals surface area (Å²) in [5.74, 6) is -1.42. The predicted molar refractivity (Wildman–Crippen MR) is 83.3 cm³/mol. The van der Waals surface area contributed by atoms with Crippen LogP contribution in [0.5, 0.6) is 0 Å². The molecule has 1 aromatic rings. The molecule has 24 heavy (non-hydrogen) atoms. The number of carbonyl (C=O) groups excluding carboxylic acids is 3. The molecule has 0 aliphatic carbocycles. The maximum atomic E-state index is 11.7. The van der Waals surface area contributed by atoms with Crippen LogP contribution in [-0.2, 0) is 35.1 Å². The van der Waals surface area contributed by atoms with E-state index in [1.54, 1.807) is 24.3 Å². The topological polar surface area (TPSA) is 88.1 Å². The van der Waals surface area contributed by atoms with Gasteiger partial charge in [0.2, 0.25) is 0 Å². The Bertz CT molecular complexity index is 556. The Kier molecular flexibility index (Phi) is 8.38. The van der Waals surface area contributed by atoms with Crippen LogP contribution in [0.4, 0.5) is 4.79 Å². The molecule has 0 N–H and O–H groups in total. The minimum Gasteiger partial charge on any atom is -0.435 e. The van der Waals surface area contributed by atoms with E-state index in [0.717, 1.165) is 18.1 Å². The van der Waals surface area contributed by atoms with Gasteiger partial charge in [-0.2, -0.15) is 0 Å². The quantitative estimate of drug-likeness (QED) is 0.390. The van der Waals surface area contributed by atoms with Crippen molar-refractivity contribution in [2.45, 2.75) is 25.6 Å². The average molecular weight is 334 g/mol. The summed E-state index contributed by atoms with van der Waals surface area (Å²) in [6.45, 7) is 6.48. The fourth-order valence-electron chi connectivity index (χ4n) is 1.70. The molecule has 0 aromatic heterocycles. The lowest BCUT2D eigenvalue weighted by molar-refractivity contribution is -0.144. The molecule has 7 heteroatoms. The first kappa shape index (κ1) is 19.0. The first-order chi connectivity index (χ1) is 11.5. The lowest BCUT2D eigenvalue weighted by atomic mass is 10.2. The van der Waals surface area contributed by atoms with Gasteiger partial charge >= 0.3 is 18.1 Å². The van der Waals surface area contributed by atoms with E-state index in [0.29, 0.717) is 0 Å². The molecule has 0 unspecified atom stereocenters. The Labute approximate surface area is 139 Å². The van der Waals surface area contributed by atoms with E-state index in [-0.39, 0.29) is 19.4 Å². The molecule has 0 atom stereocenters. The smallest absolute Gasteiger partial charge is 0.435 e. The van der Waals surface area contributed by atoms with Gasteiger partial charge in [-0.25, -0.2) is 4.79 Å². The molecule has 0 aliphatic heterocycles. The largest absolute Gasteiger partial charge is 0.508 e. The van der Waals surface area contributed by atoms with E-state index in [2.05, 4.69) is 22.6 Å². The van der Waals surface area contributed by atoms with Crippen LogP contribution in [0.2, 0.25) is 0 Å². The van der Waals surface area contributed by atoms with Crippen LogP contribution in [-0.4, -0.2) is 24.2 Å². The molecule has 0 radical (unpaired) electrons. The summed E-state index contributed by atoms with van der Waals surface area (Å²) in [6, 6.07) is 8.96. The van der Waals surface area contributed by atoms with Crippen LogP contribution in [0.25, 0.3) is 0 Å². The minimum absolute atomic E-state index is 0.000597. The molecule has 0 amide bonds. The molecule has 0 aliphatic rings. The summed E-state index contributed by atoms with van der Waals surface area (Å²) in [6.07, 6.45) is -0.920. The van der Waals surface area contributed by atoms with Gasteiger partial charge in [0.1, 0.15) is 12.7 Å². The minimum atomic E-state index is -1.09. The van der Waals surface area contributed by atoms with Gasteiger partial charge in [0.05, 0.1) is 25.4 Å². The fraction of sp³-hybridized carbons (Fsp3) is 0.235. The summed E-state index contributed by atoms with van der Waals surface area (Å²) in [4.78, 5) is 34.6. The first-order valence-electron chi connectivity index (χ1n) is 7.03. The zero-order valence-corrected chi connectivity index (χ0v) is 13.0. The third kappa shape index (κ3) is 7.79. The van der Waals surface area contributed by atoms with Crippen molar-refractivity contribution in [1.29, 1.82) is 0 Å². The van der Waals surface area contributed by atoms with E-state index in [4.69, 9.17) is 9.47 Å². The standard InChI is InChI=1S/C17H18O7/c1-3-21-15(18)10-14(11-16(19)22-4-2)24-17(20)23-12-13-8-6-5-7-9-13/h3-9,14H,1-2,10-12H2. The number of hydrogen-bond acceptors (Lipinski definition) is 7. The van der Waals surface area contributed by atoms with E-state index in [1.807, 2.05) is 6.07 Å². The second kappa shape index (κ2) is 10.6. The summed E-state index contributed by atoms with van der Waals surface area (Å²) < 4.78 is 19.0. The number of rotatable bonds is 9. The average Bonchev–Trinajstić information content (AvgIpc) is 2.54. The Morgan fingerprint density at radius 3 is 2.00 bits per heavy atom. The zero-order chi connectivity index (χ0) is 17.8. The highest BCUT2D eigenvalue weighted by atomic mass is 16.7. The van der Waals surface area contributed by atoms with Gasteiger partial charge in [-0.1, -0.05) is 43.5 Å². The van der Waals surface area contributed by atoms with Crippen molar-refractivity contribution in [2.75, 3.05) is 0 Å². The Morgan fingerprint density at radius 1 is 0.958 bits per heavy atom. The van der Waals surface area contributed by atoms with Crippen molar-refractivity contribution in [1.82, 2.24) is 0 Å². The van der Waals surface area contributed by atoms with Crippen molar-refractivity contribution in [3.63, 3.8) is 0 Å². The SMILES string of the molecule is C=COC(=O)CC(CC(=O)OC=C)OC(=O)OCc1ccccc1. The number of benzene rings is 1. The van der Waals surface area contributed by atoms with Crippen LogP contribution in [0, 0.1) is 0 Å². The highest BCUT2D eigenvalue weighted by molar-refractivity contribution is 5.75. The van der Waals surface area contributed by atoms with Gasteiger partial charge in [0.25, 0.3) is 0 Å². The normalized spacial score (nSPS) is 9.71. The van der Waals surface area contributed by atoms with Gasteiger partial charge < -0.3 is 18.9 Å². The van der Waals surface area contributed by atoms with Crippen LogP contribution in [0.15, 0.2) is 56.0 Å². The number of hydrogen-bond donors (Lipinski definition) is 0. The first-order valence-corrected chi connectivity index (χ1v) is 7.03. The second-order valence-electron chi connectivity index (χ2n) is 4.49. The molecule has 1 aromatic carbocycles. The van der Waals surface area contributed by atoms with Crippen LogP contribution in [0.1, 0.15) is 18.4 Å². The van der Waals surface area contributed by atoms with Gasteiger partial charge in [0, 0.05) is 0 Å².